The van der Waals surface area contributed by atoms with E-state index in [1.54, 1.807) is 0 Å². The van der Waals surface area contributed by atoms with Crippen molar-refractivity contribution in [3.8, 4) is 0 Å². The molecule has 0 radical (unpaired) electrons. The van der Waals surface area contributed by atoms with E-state index < -0.39 is 0 Å². The van der Waals surface area contributed by atoms with Crippen LogP contribution in [0.3, 0.4) is 0 Å². The molecule has 0 unspecified atom stereocenters. The summed E-state index contributed by atoms with van der Waals surface area (Å²) in [6.45, 7) is 14.5. The Morgan fingerprint density at radius 1 is 1.29 bits per heavy atom. The van der Waals surface area contributed by atoms with Crippen LogP contribution in [0.15, 0.2) is 36.0 Å². The molecule has 1 aliphatic carbocycles. The third kappa shape index (κ3) is 9.38. The first-order valence-electron chi connectivity index (χ1n) is 7.41. The van der Waals surface area contributed by atoms with Crippen LogP contribution in [0.25, 0.3) is 0 Å². The number of hydrogen-bond donors (Lipinski definition) is 2. The van der Waals surface area contributed by atoms with E-state index in [-0.39, 0.29) is 13.2 Å². The molecule has 1 rings (SSSR count). The molecule has 0 heterocycles. The maximum Gasteiger partial charge on any atom is 0.145 e. The fourth-order valence-electron chi connectivity index (χ4n) is 2.44. The topological polar surface area (TPSA) is 57.5 Å². The predicted octanol–water partition coefficient (Wildman–Crippen LogP) is 3.82. The molecule has 0 amide bonds. The van der Waals surface area contributed by atoms with Crippen LogP contribution >= 0.6 is 0 Å². The van der Waals surface area contributed by atoms with Gasteiger partial charge in [-0.25, -0.2) is 0 Å². The van der Waals surface area contributed by atoms with Crippen LogP contribution in [0.2, 0.25) is 0 Å². The molecular formula is C18H32O3. The Kier molecular flexibility index (Phi) is 13.2. The van der Waals surface area contributed by atoms with E-state index in [1.807, 2.05) is 6.92 Å². The summed E-state index contributed by atoms with van der Waals surface area (Å²) < 4.78 is 0. The largest absolute Gasteiger partial charge is 0.394 e. The Bertz CT molecular complexity index is 349. The van der Waals surface area contributed by atoms with Gasteiger partial charge in [0.1, 0.15) is 6.29 Å². The van der Waals surface area contributed by atoms with Gasteiger partial charge < -0.3 is 10.2 Å². The third-order valence-electron chi connectivity index (χ3n) is 3.60. The zero-order valence-corrected chi connectivity index (χ0v) is 14.1. The lowest BCUT2D eigenvalue weighted by Crippen LogP contribution is -2.20. The van der Waals surface area contributed by atoms with Gasteiger partial charge in [-0.2, -0.15) is 0 Å². The van der Waals surface area contributed by atoms with Gasteiger partial charge in [-0.05, 0) is 50.5 Å². The smallest absolute Gasteiger partial charge is 0.145 e. The molecule has 0 aromatic carbocycles. The van der Waals surface area contributed by atoms with Gasteiger partial charge in [0.2, 0.25) is 0 Å². The summed E-state index contributed by atoms with van der Waals surface area (Å²) in [5.74, 6) is 0. The van der Waals surface area contributed by atoms with Crippen LogP contribution in [0.4, 0.5) is 0 Å². The fraction of sp³-hybridized carbons (Fsp3) is 0.611. The van der Waals surface area contributed by atoms with Gasteiger partial charge in [0.15, 0.2) is 0 Å². The van der Waals surface area contributed by atoms with Crippen molar-refractivity contribution in [1.82, 2.24) is 0 Å². The number of rotatable bonds is 4. The van der Waals surface area contributed by atoms with Crippen LogP contribution in [-0.4, -0.2) is 29.7 Å². The standard InChI is InChI=1S/C14H22O.C2H6O2.C2H4/c1-11(10-15)7-8-13-12(2)6-5-9-14(13,3)4;3-1-2-4;1-2/h7,10H,5-6,8-9H2,1-4H3;3-4H,1-2H2;1-2H2/b11-7+;;. The molecule has 0 fully saturated rings. The Morgan fingerprint density at radius 2 is 1.81 bits per heavy atom. The van der Waals surface area contributed by atoms with Crippen molar-refractivity contribution in [2.24, 2.45) is 5.41 Å². The molecule has 0 atom stereocenters. The average molecular weight is 296 g/mol. The molecule has 1 aliphatic rings. The van der Waals surface area contributed by atoms with Gasteiger partial charge >= 0.3 is 0 Å². The predicted molar refractivity (Wildman–Crippen MR) is 90.2 cm³/mol. The number of aldehydes is 1. The van der Waals surface area contributed by atoms with Crippen molar-refractivity contribution in [2.75, 3.05) is 13.2 Å². The zero-order valence-electron chi connectivity index (χ0n) is 14.1. The summed E-state index contributed by atoms with van der Waals surface area (Å²) in [5, 5.41) is 15.2. The molecule has 122 valence electrons. The highest BCUT2D eigenvalue weighted by molar-refractivity contribution is 5.72. The van der Waals surface area contributed by atoms with Gasteiger partial charge in [0.05, 0.1) is 13.2 Å². The highest BCUT2D eigenvalue weighted by Gasteiger charge is 2.27. The second-order valence-corrected chi connectivity index (χ2v) is 5.71. The second-order valence-electron chi connectivity index (χ2n) is 5.71. The number of allylic oxidation sites excluding steroid dienone is 4. The number of carbonyl (C=O) groups is 1. The van der Waals surface area contributed by atoms with Crippen LogP contribution in [0.5, 0.6) is 0 Å². The van der Waals surface area contributed by atoms with Crippen molar-refractivity contribution >= 4 is 6.29 Å². The molecule has 3 heteroatoms. The molecule has 2 N–H and O–H groups in total. The van der Waals surface area contributed by atoms with Crippen LogP contribution in [-0.2, 0) is 4.79 Å². The quantitative estimate of drug-likeness (QED) is 0.471. The molecule has 0 bridgehead atoms. The first kappa shape index (κ1) is 22.1. The first-order chi connectivity index (χ1) is 9.88. The minimum absolute atomic E-state index is 0.125. The molecule has 3 nitrogen and oxygen atoms in total. The van der Waals surface area contributed by atoms with Crippen molar-refractivity contribution < 1.29 is 15.0 Å². The highest BCUT2D eigenvalue weighted by Crippen LogP contribution is 2.41. The highest BCUT2D eigenvalue weighted by atomic mass is 16.3. The molecule has 21 heavy (non-hydrogen) atoms. The summed E-state index contributed by atoms with van der Waals surface area (Å²) >= 11 is 0. The maximum absolute atomic E-state index is 10.5. The normalized spacial score (nSPS) is 17.1. The van der Waals surface area contributed by atoms with Crippen LogP contribution in [0, 0.1) is 5.41 Å². The maximum atomic E-state index is 10.5. The Hall–Kier alpha value is -1.19. The Labute approximate surface area is 130 Å². The molecule has 0 spiro atoms. The van der Waals surface area contributed by atoms with E-state index >= 15 is 0 Å². The lowest BCUT2D eigenvalue weighted by molar-refractivity contribution is -0.104. The summed E-state index contributed by atoms with van der Waals surface area (Å²) in [4.78, 5) is 10.5. The zero-order chi connectivity index (χ0) is 16.9. The molecule has 0 aliphatic heterocycles. The summed E-state index contributed by atoms with van der Waals surface area (Å²) in [7, 11) is 0. The number of aliphatic hydroxyl groups excluding tert-OH is 2. The minimum atomic E-state index is -0.125. The summed E-state index contributed by atoms with van der Waals surface area (Å²) in [5.41, 5.74) is 4.23. The van der Waals surface area contributed by atoms with Crippen molar-refractivity contribution in [3.05, 3.63) is 36.0 Å². The second kappa shape index (κ2) is 12.5. The van der Waals surface area contributed by atoms with E-state index in [1.165, 1.54) is 30.4 Å². The van der Waals surface area contributed by atoms with E-state index in [0.29, 0.717) is 5.41 Å². The monoisotopic (exact) mass is 296 g/mol. The number of carbonyl (C=O) groups excluding carboxylic acids is 1. The average Bonchev–Trinajstić information content (AvgIpc) is 2.48. The molecular weight excluding hydrogens is 264 g/mol. The van der Waals surface area contributed by atoms with Crippen molar-refractivity contribution in [1.29, 1.82) is 0 Å². The minimum Gasteiger partial charge on any atom is -0.394 e. The van der Waals surface area contributed by atoms with E-state index in [9.17, 15) is 4.79 Å². The fourth-order valence-corrected chi connectivity index (χ4v) is 2.44. The summed E-state index contributed by atoms with van der Waals surface area (Å²) in [6.07, 6.45) is 7.74. The lowest BCUT2D eigenvalue weighted by Gasteiger charge is -2.34. The van der Waals surface area contributed by atoms with Gasteiger partial charge in [0, 0.05) is 0 Å². The van der Waals surface area contributed by atoms with Crippen LogP contribution in [0.1, 0.15) is 53.4 Å². The van der Waals surface area contributed by atoms with Crippen molar-refractivity contribution in [2.45, 2.75) is 53.4 Å². The van der Waals surface area contributed by atoms with Gasteiger partial charge in [-0.1, -0.05) is 31.1 Å². The summed E-state index contributed by atoms with van der Waals surface area (Å²) in [6, 6.07) is 0. The van der Waals surface area contributed by atoms with E-state index in [0.717, 1.165) is 18.3 Å². The first-order valence-corrected chi connectivity index (χ1v) is 7.41. The SMILES string of the molecule is C=C.CC1=C(C/C=C(\C)C=O)C(C)(C)CCC1.OCCO. The van der Waals surface area contributed by atoms with Gasteiger partial charge in [-0.15, -0.1) is 13.2 Å². The Morgan fingerprint density at radius 3 is 2.19 bits per heavy atom. The number of aliphatic hydroxyl groups is 2. The van der Waals surface area contributed by atoms with Gasteiger partial charge in [0.25, 0.3) is 0 Å². The molecule has 0 aromatic rings. The third-order valence-corrected chi connectivity index (χ3v) is 3.60. The number of hydrogen-bond acceptors (Lipinski definition) is 3. The van der Waals surface area contributed by atoms with Crippen molar-refractivity contribution in [3.63, 3.8) is 0 Å². The Balaban J connectivity index is 0. The van der Waals surface area contributed by atoms with E-state index in [2.05, 4.69) is 40.0 Å². The van der Waals surface area contributed by atoms with E-state index in [4.69, 9.17) is 10.2 Å². The van der Waals surface area contributed by atoms with Crippen LogP contribution < -0.4 is 0 Å². The molecule has 0 aromatic heterocycles. The lowest BCUT2D eigenvalue weighted by atomic mass is 9.71. The van der Waals surface area contributed by atoms with Gasteiger partial charge in [-0.3, -0.25) is 4.79 Å². The molecule has 0 saturated carbocycles. The molecule has 0 saturated heterocycles.